The number of hydrogen-bond acceptors (Lipinski definition) is 2. The van der Waals surface area contributed by atoms with Crippen molar-refractivity contribution in [2.24, 2.45) is 5.73 Å². The average molecular weight is 272 g/mol. The molecule has 0 aliphatic heterocycles. The van der Waals surface area contributed by atoms with Crippen LogP contribution >= 0.6 is 15.9 Å². The van der Waals surface area contributed by atoms with Crippen LogP contribution in [0.5, 0.6) is 5.75 Å². The first-order valence-corrected chi connectivity index (χ1v) is 6.18. The Kier molecular flexibility index (Phi) is 5.12. The Morgan fingerprint density at radius 1 is 1.40 bits per heavy atom. The first-order chi connectivity index (χ1) is 7.15. The second kappa shape index (κ2) is 6.13. The predicted molar refractivity (Wildman–Crippen MR) is 66.9 cm³/mol. The predicted octanol–water partition coefficient (Wildman–Crippen LogP) is 3.73. The molecule has 0 bridgehead atoms. The van der Waals surface area contributed by atoms with Crippen LogP contribution in [-0.2, 0) is 0 Å². The number of hydrogen-bond donors (Lipinski definition) is 2. The number of benzene rings is 1. The largest absolute Gasteiger partial charge is 0.508 e. The molecule has 15 heavy (non-hydrogen) atoms. The fourth-order valence-corrected chi connectivity index (χ4v) is 2.13. The van der Waals surface area contributed by atoms with E-state index in [1.54, 1.807) is 12.1 Å². The number of nitrogens with two attached hydrogens (primary N) is 1. The molecule has 0 aliphatic carbocycles. The summed E-state index contributed by atoms with van der Waals surface area (Å²) in [4.78, 5) is 0. The highest BCUT2D eigenvalue weighted by molar-refractivity contribution is 9.10. The maximum Gasteiger partial charge on any atom is 0.115 e. The van der Waals surface area contributed by atoms with E-state index in [1.165, 1.54) is 12.8 Å². The van der Waals surface area contributed by atoms with Crippen molar-refractivity contribution < 1.29 is 5.11 Å². The molecular weight excluding hydrogens is 254 g/mol. The Morgan fingerprint density at radius 3 is 2.80 bits per heavy atom. The SMILES string of the molecule is CCCCC[C@@H](N)c1cc(O)ccc1Br. The molecular formula is C12H18BrNO. The van der Waals surface area contributed by atoms with Gasteiger partial charge >= 0.3 is 0 Å². The molecule has 1 aromatic carbocycles. The minimum Gasteiger partial charge on any atom is -0.508 e. The van der Waals surface area contributed by atoms with Gasteiger partial charge in [-0.05, 0) is 30.2 Å². The van der Waals surface area contributed by atoms with Gasteiger partial charge in [-0.1, -0.05) is 42.1 Å². The molecule has 0 spiro atoms. The molecule has 0 saturated heterocycles. The van der Waals surface area contributed by atoms with Crippen LogP contribution in [0.4, 0.5) is 0 Å². The van der Waals surface area contributed by atoms with Crippen LogP contribution in [0.2, 0.25) is 0 Å². The van der Waals surface area contributed by atoms with Crippen LogP contribution in [0, 0.1) is 0 Å². The minimum absolute atomic E-state index is 0.0121. The number of halogens is 1. The van der Waals surface area contributed by atoms with Crippen molar-refractivity contribution in [1.29, 1.82) is 0 Å². The highest BCUT2D eigenvalue weighted by Gasteiger charge is 2.10. The fourth-order valence-electron chi connectivity index (χ4n) is 1.59. The smallest absolute Gasteiger partial charge is 0.115 e. The van der Waals surface area contributed by atoms with Gasteiger partial charge in [-0.3, -0.25) is 0 Å². The Bertz CT molecular complexity index is 314. The Balaban J connectivity index is 2.64. The molecule has 3 N–H and O–H groups in total. The summed E-state index contributed by atoms with van der Waals surface area (Å²) in [7, 11) is 0. The summed E-state index contributed by atoms with van der Waals surface area (Å²) in [6, 6.07) is 5.25. The van der Waals surface area contributed by atoms with Gasteiger partial charge in [-0.15, -0.1) is 0 Å². The molecule has 1 rings (SSSR count). The van der Waals surface area contributed by atoms with Crippen molar-refractivity contribution in [3.8, 4) is 5.75 Å². The summed E-state index contributed by atoms with van der Waals surface area (Å²) in [5, 5.41) is 9.38. The molecule has 0 aliphatic rings. The van der Waals surface area contributed by atoms with Crippen LogP contribution in [-0.4, -0.2) is 5.11 Å². The monoisotopic (exact) mass is 271 g/mol. The highest BCUT2D eigenvalue weighted by Crippen LogP contribution is 2.28. The van der Waals surface area contributed by atoms with Gasteiger partial charge in [0, 0.05) is 10.5 Å². The van der Waals surface area contributed by atoms with Gasteiger partial charge in [0.05, 0.1) is 0 Å². The van der Waals surface area contributed by atoms with E-state index in [2.05, 4.69) is 22.9 Å². The minimum atomic E-state index is 0.0121. The molecule has 1 atom stereocenters. The fraction of sp³-hybridized carbons (Fsp3) is 0.500. The standard InChI is InChI=1S/C12H18BrNO/c1-2-3-4-5-12(14)10-8-9(15)6-7-11(10)13/h6-8,12,15H,2-5,14H2,1H3/t12-/m1/s1. The highest BCUT2D eigenvalue weighted by atomic mass is 79.9. The quantitative estimate of drug-likeness (QED) is 0.802. The zero-order chi connectivity index (χ0) is 11.3. The Hall–Kier alpha value is -0.540. The summed E-state index contributed by atoms with van der Waals surface area (Å²) in [5.74, 6) is 0.277. The third-order valence-electron chi connectivity index (χ3n) is 2.50. The summed E-state index contributed by atoms with van der Waals surface area (Å²) < 4.78 is 0.976. The van der Waals surface area contributed by atoms with E-state index in [1.807, 2.05) is 6.07 Å². The average Bonchev–Trinajstić information content (AvgIpc) is 2.22. The number of phenolic OH excluding ortho intramolecular Hbond substituents is 1. The number of unbranched alkanes of at least 4 members (excludes halogenated alkanes) is 2. The van der Waals surface area contributed by atoms with E-state index in [0.717, 1.165) is 22.9 Å². The van der Waals surface area contributed by atoms with E-state index in [-0.39, 0.29) is 11.8 Å². The maximum absolute atomic E-state index is 9.38. The van der Waals surface area contributed by atoms with Gasteiger partial charge in [0.25, 0.3) is 0 Å². The molecule has 3 heteroatoms. The van der Waals surface area contributed by atoms with Crippen molar-refractivity contribution in [2.45, 2.75) is 38.6 Å². The topological polar surface area (TPSA) is 46.2 Å². The summed E-state index contributed by atoms with van der Waals surface area (Å²) >= 11 is 3.45. The Labute approximate surface area is 99.6 Å². The number of aromatic hydroxyl groups is 1. The maximum atomic E-state index is 9.38. The lowest BCUT2D eigenvalue weighted by Crippen LogP contribution is -2.10. The van der Waals surface area contributed by atoms with E-state index >= 15 is 0 Å². The van der Waals surface area contributed by atoms with E-state index in [9.17, 15) is 5.11 Å². The van der Waals surface area contributed by atoms with Crippen LogP contribution < -0.4 is 5.73 Å². The lowest BCUT2D eigenvalue weighted by molar-refractivity contribution is 0.472. The molecule has 1 aromatic rings. The molecule has 0 fully saturated rings. The van der Waals surface area contributed by atoms with E-state index in [0.29, 0.717) is 0 Å². The van der Waals surface area contributed by atoms with E-state index in [4.69, 9.17) is 5.73 Å². The molecule has 0 amide bonds. The van der Waals surface area contributed by atoms with Crippen molar-refractivity contribution in [3.63, 3.8) is 0 Å². The van der Waals surface area contributed by atoms with E-state index < -0.39 is 0 Å². The summed E-state index contributed by atoms with van der Waals surface area (Å²) in [5.41, 5.74) is 7.06. The summed E-state index contributed by atoms with van der Waals surface area (Å²) in [6.07, 6.45) is 4.52. The van der Waals surface area contributed by atoms with Gasteiger partial charge in [0.1, 0.15) is 5.75 Å². The molecule has 0 heterocycles. The Morgan fingerprint density at radius 2 is 2.13 bits per heavy atom. The van der Waals surface area contributed by atoms with Crippen molar-refractivity contribution in [3.05, 3.63) is 28.2 Å². The first kappa shape index (κ1) is 12.5. The lowest BCUT2D eigenvalue weighted by atomic mass is 10.0. The first-order valence-electron chi connectivity index (χ1n) is 5.39. The second-order valence-corrected chi connectivity index (χ2v) is 4.66. The van der Waals surface area contributed by atoms with Gasteiger partial charge < -0.3 is 10.8 Å². The molecule has 0 unspecified atom stereocenters. The molecule has 0 radical (unpaired) electrons. The van der Waals surface area contributed by atoms with Crippen LogP contribution in [0.15, 0.2) is 22.7 Å². The number of phenols is 1. The van der Waals surface area contributed by atoms with Crippen LogP contribution in [0.25, 0.3) is 0 Å². The molecule has 84 valence electrons. The van der Waals surface area contributed by atoms with Gasteiger partial charge in [-0.2, -0.15) is 0 Å². The van der Waals surface area contributed by atoms with Gasteiger partial charge in [0.15, 0.2) is 0 Å². The third-order valence-corrected chi connectivity index (χ3v) is 3.22. The van der Waals surface area contributed by atoms with Crippen LogP contribution in [0.1, 0.15) is 44.2 Å². The molecule has 0 saturated carbocycles. The molecule has 0 aromatic heterocycles. The molecule has 2 nitrogen and oxygen atoms in total. The van der Waals surface area contributed by atoms with Crippen molar-refractivity contribution in [2.75, 3.05) is 0 Å². The van der Waals surface area contributed by atoms with Crippen LogP contribution in [0.3, 0.4) is 0 Å². The van der Waals surface area contributed by atoms with Gasteiger partial charge in [-0.25, -0.2) is 0 Å². The second-order valence-electron chi connectivity index (χ2n) is 3.81. The zero-order valence-corrected chi connectivity index (χ0v) is 10.6. The normalized spacial score (nSPS) is 12.7. The van der Waals surface area contributed by atoms with Gasteiger partial charge in [0.2, 0.25) is 0 Å². The summed E-state index contributed by atoms with van der Waals surface area (Å²) in [6.45, 7) is 2.18. The lowest BCUT2D eigenvalue weighted by Gasteiger charge is -2.13. The number of rotatable bonds is 5. The van der Waals surface area contributed by atoms with Crippen molar-refractivity contribution >= 4 is 15.9 Å². The third kappa shape index (κ3) is 3.84. The zero-order valence-electron chi connectivity index (χ0n) is 9.04. The van der Waals surface area contributed by atoms with Crippen molar-refractivity contribution in [1.82, 2.24) is 0 Å².